The summed E-state index contributed by atoms with van der Waals surface area (Å²) in [5, 5.41) is 10.5. The molecular weight excluding hydrogens is 406 g/mol. The maximum absolute atomic E-state index is 13.3. The number of phenols is 1. The smallest absolute Gasteiger partial charge is 0.242 e. The summed E-state index contributed by atoms with van der Waals surface area (Å²) < 4.78 is 11.6. The Hall–Kier alpha value is -2.77. The van der Waals surface area contributed by atoms with Crippen LogP contribution in [0.1, 0.15) is 50.4 Å². The number of hydrogen-bond donors (Lipinski definition) is 3. The first kappa shape index (κ1) is 22.4. The van der Waals surface area contributed by atoms with Crippen LogP contribution < -0.4 is 20.3 Å². The van der Waals surface area contributed by atoms with Crippen LogP contribution in [0.25, 0.3) is 0 Å². The van der Waals surface area contributed by atoms with E-state index in [1.807, 2.05) is 35.2 Å². The van der Waals surface area contributed by atoms with Crippen molar-refractivity contribution in [2.24, 2.45) is 11.8 Å². The molecule has 0 bridgehead atoms. The minimum absolute atomic E-state index is 0.0753. The van der Waals surface area contributed by atoms with E-state index in [1.165, 1.54) is 0 Å². The van der Waals surface area contributed by atoms with Gasteiger partial charge in [-0.05, 0) is 36.1 Å². The molecule has 32 heavy (non-hydrogen) atoms. The number of fused-ring (bicyclic) bond motifs is 1. The maximum Gasteiger partial charge on any atom is 0.242 e. The number of likely N-dealkylation sites (tertiary alicyclic amines) is 1. The molecule has 2 heterocycles. The number of para-hydroxylation sites is 1. The van der Waals surface area contributed by atoms with Gasteiger partial charge < -0.3 is 19.5 Å². The van der Waals surface area contributed by atoms with Crippen molar-refractivity contribution in [1.82, 2.24) is 15.8 Å². The van der Waals surface area contributed by atoms with E-state index in [-0.39, 0.29) is 35.7 Å². The fourth-order valence-electron chi connectivity index (χ4n) is 4.85. The molecule has 7 heteroatoms. The third kappa shape index (κ3) is 4.02. The molecule has 0 aliphatic carbocycles. The molecule has 4 rings (SSSR count). The van der Waals surface area contributed by atoms with Crippen molar-refractivity contribution in [2.45, 2.75) is 45.3 Å². The number of carbonyl (C=O) groups is 1. The quantitative estimate of drug-likeness (QED) is 0.583. The molecule has 0 radical (unpaired) electrons. The van der Waals surface area contributed by atoms with Gasteiger partial charge >= 0.3 is 0 Å². The van der Waals surface area contributed by atoms with Gasteiger partial charge in [0.25, 0.3) is 0 Å². The van der Waals surface area contributed by atoms with Crippen LogP contribution >= 0.6 is 0 Å². The topological polar surface area (TPSA) is 83.1 Å². The third-order valence-electron chi connectivity index (χ3n) is 6.25. The lowest BCUT2D eigenvalue weighted by Gasteiger charge is -2.31. The van der Waals surface area contributed by atoms with Gasteiger partial charge in [-0.25, -0.2) is 10.9 Å². The molecule has 172 valence electrons. The second-order valence-electron chi connectivity index (χ2n) is 8.97. The van der Waals surface area contributed by atoms with Gasteiger partial charge in [-0.2, -0.15) is 0 Å². The second-order valence-corrected chi connectivity index (χ2v) is 8.97. The Morgan fingerprint density at radius 3 is 2.53 bits per heavy atom. The van der Waals surface area contributed by atoms with Crippen LogP contribution in [0.15, 0.2) is 42.5 Å². The highest BCUT2D eigenvalue weighted by atomic mass is 16.5. The average molecular weight is 440 g/mol. The van der Waals surface area contributed by atoms with Gasteiger partial charge in [-0.3, -0.25) is 4.79 Å². The highest BCUT2D eigenvalue weighted by molar-refractivity contribution is 5.86. The fourth-order valence-corrected chi connectivity index (χ4v) is 4.85. The summed E-state index contributed by atoms with van der Waals surface area (Å²) in [6.07, 6.45) is 0.864. The van der Waals surface area contributed by atoms with Crippen molar-refractivity contribution in [3.63, 3.8) is 0 Å². The van der Waals surface area contributed by atoms with Crippen LogP contribution in [0, 0.1) is 11.8 Å². The van der Waals surface area contributed by atoms with E-state index in [1.54, 1.807) is 19.2 Å². The molecule has 0 spiro atoms. The van der Waals surface area contributed by atoms with E-state index in [9.17, 15) is 9.90 Å². The molecule has 0 aromatic heterocycles. The van der Waals surface area contributed by atoms with Crippen molar-refractivity contribution in [3.8, 4) is 17.2 Å². The van der Waals surface area contributed by atoms with Gasteiger partial charge in [0.2, 0.25) is 5.91 Å². The van der Waals surface area contributed by atoms with E-state index in [0.717, 1.165) is 17.5 Å². The summed E-state index contributed by atoms with van der Waals surface area (Å²) in [5.74, 6) is 1.98. The van der Waals surface area contributed by atoms with Crippen molar-refractivity contribution < 1.29 is 19.4 Å². The molecule has 4 unspecified atom stereocenters. The molecule has 7 nitrogen and oxygen atoms in total. The normalized spacial score (nSPS) is 24.8. The number of aromatic hydroxyl groups is 1. The summed E-state index contributed by atoms with van der Waals surface area (Å²) in [6.45, 7) is 7.56. The van der Waals surface area contributed by atoms with Gasteiger partial charge in [-0.15, -0.1) is 0 Å². The van der Waals surface area contributed by atoms with Crippen LogP contribution in [0.5, 0.6) is 17.2 Å². The molecule has 3 N–H and O–H groups in total. The number of methoxy groups -OCH3 is 1. The minimum Gasteiger partial charge on any atom is -0.508 e. The molecule has 2 aliphatic heterocycles. The molecular formula is C25H33N3O4. The van der Waals surface area contributed by atoms with Crippen molar-refractivity contribution >= 4 is 5.91 Å². The number of carbonyl (C=O) groups excluding carboxylic acids is 1. The number of benzene rings is 2. The number of phenolic OH excluding ortho intramolecular Hbond substituents is 1. The predicted molar refractivity (Wildman–Crippen MR) is 122 cm³/mol. The van der Waals surface area contributed by atoms with Crippen LogP contribution in [0.3, 0.4) is 0 Å². The largest absolute Gasteiger partial charge is 0.508 e. The molecule has 2 fully saturated rings. The number of amides is 1. The standard InChI is InChI=1S/C25H33N3O4/c1-5-12-28-24(16-10-11-19(20(13-16)31-4)32-14-15(2)3)21-22(26-27-23(21)25(28)30)17-8-6-7-9-18(17)29/h6-11,13,15,21-24,26-27,29H,5,12,14H2,1-4H3. The van der Waals surface area contributed by atoms with Crippen LogP contribution in [0.2, 0.25) is 0 Å². The van der Waals surface area contributed by atoms with Crippen molar-refractivity contribution in [1.29, 1.82) is 0 Å². The first-order valence-electron chi connectivity index (χ1n) is 11.4. The summed E-state index contributed by atoms with van der Waals surface area (Å²) >= 11 is 0. The number of ether oxygens (including phenoxy) is 2. The van der Waals surface area contributed by atoms with E-state index in [2.05, 4.69) is 31.6 Å². The van der Waals surface area contributed by atoms with Crippen LogP contribution in [0.4, 0.5) is 0 Å². The Morgan fingerprint density at radius 2 is 1.84 bits per heavy atom. The second kappa shape index (κ2) is 9.38. The fraction of sp³-hybridized carbons (Fsp3) is 0.480. The lowest BCUT2D eigenvalue weighted by atomic mass is 9.83. The van der Waals surface area contributed by atoms with Gasteiger partial charge in [0, 0.05) is 18.0 Å². The van der Waals surface area contributed by atoms with Crippen LogP contribution in [-0.4, -0.2) is 42.2 Å². The highest BCUT2D eigenvalue weighted by Gasteiger charge is 2.55. The molecule has 1 amide bonds. The van der Waals surface area contributed by atoms with Crippen LogP contribution in [-0.2, 0) is 4.79 Å². The Balaban J connectivity index is 1.73. The SMILES string of the molecule is CCCN1C(=O)C2NNC(c3ccccc3O)C2C1c1ccc(OCC(C)C)c(OC)c1. The lowest BCUT2D eigenvalue weighted by molar-refractivity contribution is -0.130. The first-order valence-corrected chi connectivity index (χ1v) is 11.4. The van der Waals surface area contributed by atoms with Gasteiger partial charge in [0.05, 0.1) is 25.8 Å². The van der Waals surface area contributed by atoms with Gasteiger partial charge in [0.1, 0.15) is 11.8 Å². The minimum atomic E-state index is -0.362. The Morgan fingerprint density at radius 1 is 1.09 bits per heavy atom. The van der Waals surface area contributed by atoms with E-state index < -0.39 is 0 Å². The summed E-state index contributed by atoms with van der Waals surface area (Å²) in [4.78, 5) is 15.3. The number of hydrazine groups is 1. The molecule has 2 aliphatic rings. The van der Waals surface area contributed by atoms with Gasteiger partial charge in [0.15, 0.2) is 11.5 Å². The maximum atomic E-state index is 13.3. The Kier molecular flexibility index (Phi) is 6.58. The molecule has 2 saturated heterocycles. The van der Waals surface area contributed by atoms with Crippen molar-refractivity contribution in [2.75, 3.05) is 20.3 Å². The average Bonchev–Trinajstić information content (AvgIpc) is 3.32. The Labute approximate surface area is 189 Å². The number of nitrogens with one attached hydrogen (secondary N) is 2. The van der Waals surface area contributed by atoms with E-state index in [0.29, 0.717) is 30.6 Å². The molecule has 2 aromatic carbocycles. The zero-order chi connectivity index (χ0) is 22.8. The monoisotopic (exact) mass is 439 g/mol. The predicted octanol–water partition coefficient (Wildman–Crippen LogP) is 3.56. The zero-order valence-electron chi connectivity index (χ0n) is 19.2. The third-order valence-corrected chi connectivity index (χ3v) is 6.25. The van der Waals surface area contributed by atoms with E-state index in [4.69, 9.17) is 9.47 Å². The number of rotatable bonds is 8. The molecule has 2 aromatic rings. The first-order chi connectivity index (χ1) is 15.5. The number of hydrogen-bond acceptors (Lipinski definition) is 6. The molecule has 0 saturated carbocycles. The molecule has 4 atom stereocenters. The Bertz CT molecular complexity index is 964. The van der Waals surface area contributed by atoms with Crippen molar-refractivity contribution in [3.05, 3.63) is 53.6 Å². The summed E-state index contributed by atoms with van der Waals surface area (Å²) in [6, 6.07) is 12.5. The number of nitrogens with zero attached hydrogens (tertiary/aromatic N) is 1. The highest BCUT2D eigenvalue weighted by Crippen LogP contribution is 2.49. The summed E-state index contributed by atoms with van der Waals surface area (Å²) in [7, 11) is 1.64. The zero-order valence-corrected chi connectivity index (χ0v) is 19.2. The lowest BCUT2D eigenvalue weighted by Crippen LogP contribution is -2.41. The van der Waals surface area contributed by atoms with E-state index >= 15 is 0 Å². The summed E-state index contributed by atoms with van der Waals surface area (Å²) in [5.41, 5.74) is 8.25. The van der Waals surface area contributed by atoms with Gasteiger partial charge in [-0.1, -0.05) is 45.0 Å².